The highest BCUT2D eigenvalue weighted by atomic mass is 16.5. The van der Waals surface area contributed by atoms with E-state index in [1.54, 1.807) is 25.4 Å². The van der Waals surface area contributed by atoms with E-state index >= 15 is 0 Å². The number of nitrogens with zero attached hydrogens (tertiary/aromatic N) is 1. The van der Waals surface area contributed by atoms with E-state index in [-0.39, 0.29) is 24.0 Å². The molecule has 4 atom stereocenters. The number of pyridine rings is 1. The van der Waals surface area contributed by atoms with Crippen LogP contribution in [0, 0.1) is 11.8 Å². The minimum atomic E-state index is -0.584. The molecule has 2 heterocycles. The molecule has 2 fully saturated rings. The van der Waals surface area contributed by atoms with Gasteiger partial charge in [-0.05, 0) is 18.6 Å². The highest BCUT2D eigenvalue weighted by Crippen LogP contribution is 2.43. The Bertz CT molecular complexity index is 534. The molecule has 1 saturated carbocycles. The largest absolute Gasteiger partial charge is 0.384 e. The van der Waals surface area contributed by atoms with Crippen LogP contribution in [0.3, 0.4) is 0 Å². The fourth-order valence-corrected chi connectivity index (χ4v) is 3.28. The molecule has 1 aliphatic heterocycles. The van der Waals surface area contributed by atoms with Crippen molar-refractivity contribution in [2.45, 2.75) is 18.6 Å². The lowest BCUT2D eigenvalue weighted by molar-refractivity contribution is -0.125. The van der Waals surface area contributed by atoms with E-state index in [9.17, 15) is 9.59 Å². The normalized spacial score (nSPS) is 30.3. The maximum Gasteiger partial charge on any atom is 0.292 e. The predicted octanol–water partition coefficient (Wildman–Crippen LogP) is 0.430. The van der Waals surface area contributed by atoms with Gasteiger partial charge in [0.1, 0.15) is 0 Å². The first-order valence-electron chi connectivity index (χ1n) is 7.08. The van der Waals surface area contributed by atoms with E-state index in [1.165, 1.54) is 6.20 Å². The molecule has 0 radical (unpaired) electrons. The van der Waals surface area contributed by atoms with Gasteiger partial charge in [0.2, 0.25) is 0 Å². The Morgan fingerprint density at radius 1 is 1.52 bits per heavy atom. The summed E-state index contributed by atoms with van der Waals surface area (Å²) in [5.74, 6) is -0.731. The van der Waals surface area contributed by atoms with Crippen LogP contribution in [-0.4, -0.2) is 49.1 Å². The topological polar surface area (TPSA) is 77.5 Å². The molecule has 1 aromatic rings. The van der Waals surface area contributed by atoms with Crippen molar-refractivity contribution in [3.05, 3.63) is 30.1 Å². The molecular formula is C15H18N2O4. The molecule has 1 N–H and O–H groups in total. The van der Waals surface area contributed by atoms with Crippen LogP contribution in [-0.2, 0) is 14.3 Å². The van der Waals surface area contributed by atoms with E-state index in [1.807, 2.05) is 0 Å². The van der Waals surface area contributed by atoms with Crippen molar-refractivity contribution in [1.29, 1.82) is 0 Å². The quantitative estimate of drug-likeness (QED) is 0.628. The Morgan fingerprint density at radius 2 is 2.38 bits per heavy atom. The maximum atomic E-state index is 12.1. The number of ketones is 1. The summed E-state index contributed by atoms with van der Waals surface area (Å²) >= 11 is 0. The van der Waals surface area contributed by atoms with E-state index in [0.717, 1.165) is 6.42 Å². The van der Waals surface area contributed by atoms with Crippen molar-refractivity contribution in [2.75, 3.05) is 20.3 Å². The van der Waals surface area contributed by atoms with Crippen LogP contribution in [0.4, 0.5) is 0 Å². The average molecular weight is 290 g/mol. The highest BCUT2D eigenvalue weighted by molar-refractivity contribution is 6.42. The van der Waals surface area contributed by atoms with Gasteiger partial charge in [0.15, 0.2) is 0 Å². The maximum absolute atomic E-state index is 12.1. The number of rotatable bonds is 5. The van der Waals surface area contributed by atoms with Crippen LogP contribution in [0.1, 0.15) is 16.8 Å². The fraction of sp³-hybridized carbons (Fsp3) is 0.533. The summed E-state index contributed by atoms with van der Waals surface area (Å²) in [5, 5.41) is 2.84. The number of hydrogen-bond acceptors (Lipinski definition) is 5. The van der Waals surface area contributed by atoms with Gasteiger partial charge in [-0.15, -0.1) is 0 Å². The second kappa shape index (κ2) is 5.91. The first kappa shape index (κ1) is 14.2. The predicted molar refractivity (Wildman–Crippen MR) is 73.7 cm³/mol. The van der Waals surface area contributed by atoms with Crippen molar-refractivity contribution in [2.24, 2.45) is 11.8 Å². The summed E-state index contributed by atoms with van der Waals surface area (Å²) < 4.78 is 10.8. The molecule has 3 rings (SSSR count). The minimum Gasteiger partial charge on any atom is -0.384 e. The first-order valence-corrected chi connectivity index (χ1v) is 7.08. The van der Waals surface area contributed by atoms with Gasteiger partial charge in [0, 0.05) is 49.6 Å². The third-order valence-electron chi connectivity index (χ3n) is 4.31. The second-order valence-corrected chi connectivity index (χ2v) is 5.48. The zero-order chi connectivity index (χ0) is 14.8. The summed E-state index contributed by atoms with van der Waals surface area (Å²) in [7, 11) is 1.63. The van der Waals surface area contributed by atoms with Crippen molar-refractivity contribution >= 4 is 11.7 Å². The fourth-order valence-electron chi connectivity index (χ4n) is 3.28. The average Bonchev–Trinajstić information content (AvgIpc) is 2.94. The molecule has 0 bridgehead atoms. The number of aromatic nitrogens is 1. The number of ether oxygens (including phenoxy) is 2. The number of amides is 1. The third kappa shape index (κ3) is 2.56. The summed E-state index contributed by atoms with van der Waals surface area (Å²) in [6, 6.07) is 3.17. The molecule has 2 aliphatic rings. The molecule has 1 aliphatic carbocycles. The number of nitrogens with one attached hydrogen (secondary N) is 1. The minimum absolute atomic E-state index is 0.0504. The Morgan fingerprint density at radius 3 is 3.10 bits per heavy atom. The molecular weight excluding hydrogens is 272 g/mol. The standard InChI is InChI=1S/C15H18N2O4/c1-20-8-11-12(10-4-6-21-14(10)11)17-15(19)13(18)9-3-2-5-16-7-9/h2-3,5,7,10-12,14H,4,6,8H2,1H3,(H,17,19)/t10-,11-,12-,14-/m0/s1. The number of methoxy groups -OCH3 is 1. The van der Waals surface area contributed by atoms with Crippen LogP contribution in [0.15, 0.2) is 24.5 Å². The van der Waals surface area contributed by atoms with Gasteiger partial charge in [-0.25, -0.2) is 0 Å². The van der Waals surface area contributed by atoms with Crippen LogP contribution in [0.25, 0.3) is 0 Å². The second-order valence-electron chi connectivity index (χ2n) is 5.48. The third-order valence-corrected chi connectivity index (χ3v) is 4.31. The summed E-state index contributed by atoms with van der Waals surface area (Å²) in [5.41, 5.74) is 0.303. The van der Waals surface area contributed by atoms with E-state index in [2.05, 4.69) is 10.3 Å². The lowest BCUT2D eigenvalue weighted by Gasteiger charge is -2.47. The number of carbonyl (C=O) groups excluding carboxylic acids is 2. The van der Waals surface area contributed by atoms with Gasteiger partial charge < -0.3 is 14.8 Å². The van der Waals surface area contributed by atoms with Gasteiger partial charge in [0.25, 0.3) is 11.7 Å². The Hall–Kier alpha value is -1.79. The summed E-state index contributed by atoms with van der Waals surface area (Å²) in [4.78, 5) is 28.0. The van der Waals surface area contributed by atoms with Crippen molar-refractivity contribution in [1.82, 2.24) is 10.3 Å². The number of fused-ring (bicyclic) bond motifs is 1. The molecule has 1 amide bonds. The zero-order valence-corrected chi connectivity index (χ0v) is 11.8. The van der Waals surface area contributed by atoms with Crippen LogP contribution >= 0.6 is 0 Å². The van der Waals surface area contributed by atoms with E-state index in [4.69, 9.17) is 9.47 Å². The van der Waals surface area contributed by atoms with Gasteiger partial charge in [-0.3, -0.25) is 14.6 Å². The monoisotopic (exact) mass is 290 g/mol. The molecule has 112 valence electrons. The number of Topliss-reactive ketones (excluding diaryl/α,β-unsaturated/α-hetero) is 1. The molecule has 6 nitrogen and oxygen atoms in total. The number of hydrogen-bond donors (Lipinski definition) is 1. The summed E-state index contributed by atoms with van der Waals surface area (Å²) in [6.45, 7) is 1.23. The van der Waals surface area contributed by atoms with Crippen LogP contribution < -0.4 is 5.32 Å². The number of carbonyl (C=O) groups is 2. The van der Waals surface area contributed by atoms with Gasteiger partial charge >= 0.3 is 0 Å². The van der Waals surface area contributed by atoms with Crippen LogP contribution in [0.2, 0.25) is 0 Å². The van der Waals surface area contributed by atoms with Crippen molar-refractivity contribution in [3.8, 4) is 0 Å². The molecule has 0 spiro atoms. The van der Waals surface area contributed by atoms with E-state index < -0.39 is 11.7 Å². The van der Waals surface area contributed by atoms with E-state index in [0.29, 0.717) is 18.8 Å². The highest BCUT2D eigenvalue weighted by Gasteiger charge is 2.54. The lowest BCUT2D eigenvalue weighted by Crippen LogP contribution is -2.63. The molecule has 1 aromatic heterocycles. The smallest absolute Gasteiger partial charge is 0.292 e. The van der Waals surface area contributed by atoms with Crippen LogP contribution in [0.5, 0.6) is 0 Å². The lowest BCUT2D eigenvalue weighted by atomic mass is 9.67. The Balaban J connectivity index is 1.65. The van der Waals surface area contributed by atoms with Crippen molar-refractivity contribution in [3.63, 3.8) is 0 Å². The van der Waals surface area contributed by atoms with Gasteiger partial charge in [-0.2, -0.15) is 0 Å². The first-order chi connectivity index (χ1) is 10.2. The molecule has 21 heavy (non-hydrogen) atoms. The molecule has 0 aromatic carbocycles. The zero-order valence-electron chi connectivity index (χ0n) is 11.8. The SMILES string of the molecule is COC[C@H]1[C@@H](NC(=O)C(=O)c2cccnc2)[C@@H]2CCO[C@@H]21. The van der Waals surface area contributed by atoms with Crippen molar-refractivity contribution < 1.29 is 19.1 Å². The van der Waals surface area contributed by atoms with Gasteiger partial charge in [-0.1, -0.05) is 0 Å². The molecule has 6 heteroatoms. The summed E-state index contributed by atoms with van der Waals surface area (Å²) in [6.07, 6.45) is 4.02. The molecule has 0 unspecified atom stereocenters. The Kier molecular flexibility index (Phi) is 3.98. The van der Waals surface area contributed by atoms with Gasteiger partial charge in [0.05, 0.1) is 12.7 Å². The Labute approximate surface area is 122 Å². The molecule has 1 saturated heterocycles.